The number of amides is 2. The fraction of sp³-hybridized carbons (Fsp3) is 0.600. The molecule has 0 radical (unpaired) electrons. The highest BCUT2D eigenvalue weighted by Gasteiger charge is 2.30. The lowest BCUT2D eigenvalue weighted by molar-refractivity contribution is -0.124. The third kappa shape index (κ3) is 2.12. The van der Waals surface area contributed by atoms with Crippen LogP contribution in [0, 0.1) is 0 Å². The molecule has 0 aromatic heterocycles. The minimum Gasteiger partial charge on any atom is -0.289 e. The number of rotatable bonds is 4. The van der Waals surface area contributed by atoms with Crippen molar-refractivity contribution in [2.24, 2.45) is 0 Å². The molecule has 1 aliphatic heterocycles. The van der Waals surface area contributed by atoms with Crippen molar-refractivity contribution in [3.63, 3.8) is 0 Å². The summed E-state index contributed by atoms with van der Waals surface area (Å²) < 4.78 is 0. The smallest absolute Gasteiger partial charge is 0.254 e. The molecule has 2 amide bonds. The summed E-state index contributed by atoms with van der Waals surface area (Å²) >= 11 is 0. The summed E-state index contributed by atoms with van der Waals surface area (Å²) in [7, 11) is -1.17. The highest BCUT2D eigenvalue weighted by Crippen LogP contribution is 2.20. The molecule has 0 aromatic carbocycles. The van der Waals surface area contributed by atoms with Crippen molar-refractivity contribution in [2.45, 2.75) is 39.3 Å². The summed E-state index contributed by atoms with van der Waals surface area (Å²) in [6, 6.07) is 0. The van der Waals surface area contributed by atoms with E-state index in [1.165, 1.54) is 0 Å². The zero-order chi connectivity index (χ0) is 10.7. The topological polar surface area (TPSA) is 46.2 Å². The maximum absolute atomic E-state index is 11.4. The minimum atomic E-state index is -1.17. The van der Waals surface area contributed by atoms with Gasteiger partial charge in [-0.15, -0.1) is 0 Å². The summed E-state index contributed by atoms with van der Waals surface area (Å²) in [6.07, 6.45) is 2.80. The summed E-state index contributed by atoms with van der Waals surface area (Å²) in [5.41, 5.74) is 0.763. The van der Waals surface area contributed by atoms with Crippen molar-refractivity contribution in [3.05, 3.63) is 10.8 Å². The number of unbranched alkanes of at least 4 members (excludes halogenated alkanes) is 1. The van der Waals surface area contributed by atoms with E-state index in [4.69, 9.17) is 0 Å². The first kappa shape index (κ1) is 11.2. The van der Waals surface area contributed by atoms with E-state index < -0.39 is 8.80 Å². The first-order chi connectivity index (χ1) is 6.57. The Balaban J connectivity index is 2.91. The molecule has 78 valence electrons. The quantitative estimate of drug-likeness (QED) is 0.560. The predicted molar refractivity (Wildman–Crippen MR) is 58.6 cm³/mol. The number of imide groups is 1. The second-order valence-electron chi connectivity index (χ2n) is 3.93. The Kier molecular flexibility index (Phi) is 3.63. The molecule has 3 nitrogen and oxygen atoms in total. The van der Waals surface area contributed by atoms with E-state index in [9.17, 15) is 9.59 Å². The van der Waals surface area contributed by atoms with E-state index in [0.29, 0.717) is 0 Å². The Bertz CT molecular complexity index is 294. The van der Waals surface area contributed by atoms with Crippen molar-refractivity contribution in [3.8, 4) is 0 Å². The second kappa shape index (κ2) is 4.55. The standard InChI is InChI=1S/C10H17NO2Si/c1-4-5-6-7-8(14(2)3)10(13)11-9(7)12/h14H,4-6H2,1-3H3,(H,11,12,13). The molecule has 0 atom stereocenters. The van der Waals surface area contributed by atoms with Crippen LogP contribution in [0.15, 0.2) is 10.8 Å². The molecule has 1 heterocycles. The van der Waals surface area contributed by atoms with Gasteiger partial charge in [-0.25, -0.2) is 0 Å². The van der Waals surface area contributed by atoms with Gasteiger partial charge < -0.3 is 0 Å². The summed E-state index contributed by atoms with van der Waals surface area (Å²) in [5.74, 6) is -0.289. The van der Waals surface area contributed by atoms with E-state index in [0.717, 1.165) is 30.0 Å². The Hall–Kier alpha value is -0.903. The number of nitrogens with one attached hydrogen (secondary N) is 1. The number of hydrogen-bond donors (Lipinski definition) is 1. The van der Waals surface area contributed by atoms with Crippen LogP contribution in [0.4, 0.5) is 0 Å². The third-order valence-corrected chi connectivity index (χ3v) is 4.19. The maximum Gasteiger partial charge on any atom is 0.254 e. The molecule has 0 aliphatic carbocycles. The molecule has 1 rings (SSSR count). The van der Waals surface area contributed by atoms with Gasteiger partial charge in [-0.1, -0.05) is 26.4 Å². The lowest BCUT2D eigenvalue weighted by Crippen LogP contribution is -2.25. The normalized spacial score (nSPS) is 16.9. The first-order valence-corrected chi connectivity index (χ1v) is 8.05. The van der Waals surface area contributed by atoms with Gasteiger partial charge in [0.15, 0.2) is 0 Å². The van der Waals surface area contributed by atoms with E-state index in [-0.39, 0.29) is 11.8 Å². The van der Waals surface area contributed by atoms with Crippen LogP contribution in [0.25, 0.3) is 0 Å². The van der Waals surface area contributed by atoms with Gasteiger partial charge in [0, 0.05) is 10.8 Å². The van der Waals surface area contributed by atoms with Gasteiger partial charge in [0.05, 0.1) is 8.80 Å². The van der Waals surface area contributed by atoms with E-state index >= 15 is 0 Å². The van der Waals surface area contributed by atoms with E-state index in [2.05, 4.69) is 25.3 Å². The molecule has 0 aromatic rings. The van der Waals surface area contributed by atoms with Gasteiger partial charge in [0.2, 0.25) is 5.91 Å². The molecule has 14 heavy (non-hydrogen) atoms. The second-order valence-corrected chi connectivity index (χ2v) is 6.82. The highest BCUT2D eigenvalue weighted by molar-refractivity contribution is 6.72. The van der Waals surface area contributed by atoms with Gasteiger partial charge >= 0.3 is 0 Å². The van der Waals surface area contributed by atoms with Crippen LogP contribution < -0.4 is 5.32 Å². The fourth-order valence-electron chi connectivity index (χ4n) is 1.72. The maximum atomic E-state index is 11.4. The Morgan fingerprint density at radius 3 is 2.36 bits per heavy atom. The molecular formula is C10H17NO2Si. The number of hydrogen-bond acceptors (Lipinski definition) is 2. The zero-order valence-electron chi connectivity index (χ0n) is 9.02. The fourth-order valence-corrected chi connectivity index (χ4v) is 3.29. The lowest BCUT2D eigenvalue weighted by Gasteiger charge is -2.04. The van der Waals surface area contributed by atoms with Gasteiger partial charge in [-0.05, 0) is 12.8 Å². The largest absolute Gasteiger partial charge is 0.289 e. The molecule has 1 aliphatic rings. The highest BCUT2D eigenvalue weighted by atomic mass is 28.3. The Labute approximate surface area is 86.2 Å². The first-order valence-electron chi connectivity index (χ1n) is 5.16. The average Bonchev–Trinajstić information content (AvgIpc) is 2.37. The van der Waals surface area contributed by atoms with Crippen LogP contribution >= 0.6 is 0 Å². The van der Waals surface area contributed by atoms with Crippen molar-refractivity contribution < 1.29 is 9.59 Å². The predicted octanol–water partition coefficient (Wildman–Crippen LogP) is 1.16. The van der Waals surface area contributed by atoms with Crippen molar-refractivity contribution in [1.29, 1.82) is 0 Å². The van der Waals surface area contributed by atoms with Crippen LogP contribution in [-0.2, 0) is 9.59 Å². The molecular weight excluding hydrogens is 194 g/mol. The van der Waals surface area contributed by atoms with Crippen molar-refractivity contribution in [2.75, 3.05) is 0 Å². The van der Waals surface area contributed by atoms with Crippen molar-refractivity contribution >= 4 is 20.6 Å². The minimum absolute atomic E-state index is 0.136. The zero-order valence-corrected chi connectivity index (χ0v) is 10.2. The molecule has 0 spiro atoms. The van der Waals surface area contributed by atoms with Crippen LogP contribution in [0.1, 0.15) is 26.2 Å². The van der Waals surface area contributed by atoms with E-state index in [1.54, 1.807) is 0 Å². The summed E-state index contributed by atoms with van der Waals surface area (Å²) in [6.45, 7) is 6.25. The molecule has 1 N–H and O–H groups in total. The monoisotopic (exact) mass is 211 g/mol. The lowest BCUT2D eigenvalue weighted by atomic mass is 10.1. The Morgan fingerprint density at radius 2 is 1.86 bits per heavy atom. The van der Waals surface area contributed by atoms with Gasteiger partial charge in [0.1, 0.15) is 0 Å². The van der Waals surface area contributed by atoms with Gasteiger partial charge in [-0.2, -0.15) is 0 Å². The SMILES string of the molecule is CCCCC1=C([SiH](C)C)C(=O)NC1=O. The number of carbonyl (C=O) groups excluding carboxylic acids is 2. The molecule has 0 saturated carbocycles. The molecule has 0 saturated heterocycles. The Morgan fingerprint density at radius 1 is 1.21 bits per heavy atom. The van der Waals surface area contributed by atoms with Gasteiger partial charge in [-0.3, -0.25) is 14.9 Å². The molecule has 0 fully saturated rings. The molecule has 0 bridgehead atoms. The molecule has 0 unspecified atom stereocenters. The van der Waals surface area contributed by atoms with E-state index in [1.807, 2.05) is 0 Å². The number of carbonyl (C=O) groups is 2. The average molecular weight is 211 g/mol. The third-order valence-electron chi connectivity index (χ3n) is 2.43. The summed E-state index contributed by atoms with van der Waals surface area (Å²) in [4.78, 5) is 22.9. The van der Waals surface area contributed by atoms with Crippen LogP contribution in [0.3, 0.4) is 0 Å². The van der Waals surface area contributed by atoms with Gasteiger partial charge in [0.25, 0.3) is 5.91 Å². The van der Waals surface area contributed by atoms with Crippen LogP contribution in [0.5, 0.6) is 0 Å². The van der Waals surface area contributed by atoms with Crippen LogP contribution in [0.2, 0.25) is 13.1 Å². The molecule has 4 heteroatoms. The van der Waals surface area contributed by atoms with Crippen molar-refractivity contribution in [1.82, 2.24) is 5.32 Å². The summed E-state index contributed by atoms with van der Waals surface area (Å²) in [5, 5.41) is 3.21. The van der Waals surface area contributed by atoms with Crippen LogP contribution in [-0.4, -0.2) is 20.6 Å².